The molecule has 88 valence electrons. The monoisotopic (exact) mass is 312 g/mol. The minimum absolute atomic E-state index is 0.196. The van der Waals surface area contributed by atoms with Crippen LogP contribution in [-0.4, -0.2) is 10.9 Å². The molecule has 4 nitrogen and oxygen atoms in total. The molecule has 3 rings (SSSR count). The number of carbonyl (C=O) groups excluding carboxylic acids is 1. The summed E-state index contributed by atoms with van der Waals surface area (Å²) in [6.07, 6.45) is 4.76. The Morgan fingerprint density at radius 1 is 1.53 bits per heavy atom. The second-order valence-electron chi connectivity index (χ2n) is 3.80. The number of aryl methyl sites for hydroxylation is 2. The van der Waals surface area contributed by atoms with Gasteiger partial charge >= 0.3 is 0 Å². The van der Waals surface area contributed by atoms with Crippen molar-refractivity contribution < 1.29 is 9.21 Å². The van der Waals surface area contributed by atoms with Crippen molar-refractivity contribution in [3.63, 3.8) is 0 Å². The van der Waals surface area contributed by atoms with Gasteiger partial charge in [0.2, 0.25) is 0 Å². The van der Waals surface area contributed by atoms with E-state index in [9.17, 15) is 4.79 Å². The van der Waals surface area contributed by atoms with E-state index in [1.54, 1.807) is 17.4 Å². The van der Waals surface area contributed by atoms with Gasteiger partial charge < -0.3 is 4.42 Å². The third-order valence-electron chi connectivity index (χ3n) is 2.68. The highest BCUT2D eigenvalue weighted by Crippen LogP contribution is 2.31. The van der Waals surface area contributed by atoms with E-state index in [1.807, 2.05) is 0 Å². The van der Waals surface area contributed by atoms with Crippen LogP contribution in [0.1, 0.15) is 27.3 Å². The number of nitrogens with zero attached hydrogens (tertiary/aromatic N) is 1. The maximum absolute atomic E-state index is 11.9. The quantitative estimate of drug-likeness (QED) is 0.926. The average Bonchev–Trinajstić information content (AvgIpc) is 2.92. The summed E-state index contributed by atoms with van der Waals surface area (Å²) < 4.78 is 5.47. The largest absolute Gasteiger partial charge is 0.457 e. The van der Waals surface area contributed by atoms with E-state index < -0.39 is 0 Å². The van der Waals surface area contributed by atoms with E-state index in [1.165, 1.54) is 17.6 Å². The maximum Gasteiger partial charge on any atom is 0.261 e. The first-order valence-corrected chi connectivity index (χ1v) is 6.88. The first-order chi connectivity index (χ1) is 8.24. The Bertz CT molecular complexity index is 554. The maximum atomic E-state index is 11.9. The second kappa shape index (κ2) is 4.27. The molecule has 0 spiro atoms. The van der Waals surface area contributed by atoms with Gasteiger partial charge in [-0.15, -0.1) is 11.3 Å². The highest BCUT2D eigenvalue weighted by atomic mass is 79.9. The molecule has 1 aliphatic rings. The Morgan fingerprint density at radius 2 is 2.41 bits per heavy atom. The molecule has 0 fully saturated rings. The molecule has 0 aliphatic heterocycles. The normalized spacial score (nSPS) is 13.7. The number of furan rings is 1. The smallest absolute Gasteiger partial charge is 0.261 e. The number of hydrogen-bond acceptors (Lipinski definition) is 4. The molecule has 2 aromatic heterocycles. The molecule has 1 aliphatic carbocycles. The zero-order chi connectivity index (χ0) is 11.8. The lowest BCUT2D eigenvalue weighted by Crippen LogP contribution is -2.11. The van der Waals surface area contributed by atoms with Gasteiger partial charge in [0.15, 0.2) is 9.80 Å². The minimum Gasteiger partial charge on any atom is -0.457 e. The van der Waals surface area contributed by atoms with Gasteiger partial charge in [-0.05, 0) is 41.3 Å². The Kier molecular flexibility index (Phi) is 2.76. The summed E-state index contributed by atoms with van der Waals surface area (Å²) >= 11 is 4.74. The van der Waals surface area contributed by atoms with E-state index in [-0.39, 0.29) is 5.91 Å². The van der Waals surface area contributed by atoms with Crippen molar-refractivity contribution in [1.29, 1.82) is 0 Å². The van der Waals surface area contributed by atoms with Crippen LogP contribution in [0.4, 0.5) is 5.13 Å². The van der Waals surface area contributed by atoms with Crippen LogP contribution in [0.25, 0.3) is 0 Å². The van der Waals surface area contributed by atoms with Crippen molar-refractivity contribution >= 4 is 38.3 Å². The molecule has 0 radical (unpaired) electrons. The van der Waals surface area contributed by atoms with Crippen LogP contribution in [0.2, 0.25) is 0 Å². The second-order valence-corrected chi connectivity index (χ2v) is 5.61. The van der Waals surface area contributed by atoms with Crippen molar-refractivity contribution in [1.82, 2.24) is 4.98 Å². The summed E-state index contributed by atoms with van der Waals surface area (Å²) in [5.41, 5.74) is 1.62. The Morgan fingerprint density at radius 3 is 3.12 bits per heavy atom. The van der Waals surface area contributed by atoms with Crippen molar-refractivity contribution in [3.05, 3.63) is 33.1 Å². The number of aromatic nitrogens is 1. The van der Waals surface area contributed by atoms with Gasteiger partial charge in [-0.1, -0.05) is 0 Å². The molecule has 2 heterocycles. The number of nitrogens with one attached hydrogen (secondary N) is 1. The van der Waals surface area contributed by atoms with Gasteiger partial charge in [-0.3, -0.25) is 10.1 Å². The molecule has 2 aromatic rings. The topological polar surface area (TPSA) is 55.1 Å². The van der Waals surface area contributed by atoms with Gasteiger partial charge in [-0.25, -0.2) is 4.98 Å². The van der Waals surface area contributed by atoms with Crippen LogP contribution in [0.15, 0.2) is 21.4 Å². The number of anilines is 1. The van der Waals surface area contributed by atoms with Crippen LogP contribution in [0.3, 0.4) is 0 Å². The van der Waals surface area contributed by atoms with E-state index in [0.717, 1.165) is 18.5 Å². The van der Waals surface area contributed by atoms with Crippen LogP contribution in [-0.2, 0) is 12.8 Å². The molecule has 0 bridgehead atoms. The van der Waals surface area contributed by atoms with Crippen molar-refractivity contribution in [3.8, 4) is 0 Å². The van der Waals surface area contributed by atoms with Gasteiger partial charge in [0, 0.05) is 4.88 Å². The molecule has 0 saturated heterocycles. The first-order valence-electron chi connectivity index (χ1n) is 5.27. The molecular formula is C11H9BrN2O2S. The predicted octanol–water partition coefficient (Wildman–Crippen LogP) is 3.24. The van der Waals surface area contributed by atoms with Crippen molar-refractivity contribution in [2.24, 2.45) is 0 Å². The summed E-state index contributed by atoms with van der Waals surface area (Å²) in [7, 11) is 0. The lowest BCUT2D eigenvalue weighted by molar-refractivity contribution is 0.102. The number of thiazole rings is 1. The van der Waals surface area contributed by atoms with Crippen LogP contribution in [0.5, 0.6) is 0 Å². The molecule has 1 N–H and O–H groups in total. The zero-order valence-corrected chi connectivity index (χ0v) is 11.2. The fraction of sp³-hybridized carbons (Fsp3) is 0.273. The predicted molar refractivity (Wildman–Crippen MR) is 68.5 cm³/mol. The fourth-order valence-electron chi connectivity index (χ4n) is 1.86. The Hall–Kier alpha value is -1.14. The lowest BCUT2D eigenvalue weighted by atomic mass is 10.3. The molecule has 0 unspecified atom stereocenters. The molecule has 0 atom stereocenters. The summed E-state index contributed by atoms with van der Waals surface area (Å²) in [6, 6.07) is 1.63. The average molecular weight is 313 g/mol. The summed E-state index contributed by atoms with van der Waals surface area (Å²) in [5, 5.41) is 3.47. The number of carbonyl (C=O) groups is 1. The summed E-state index contributed by atoms with van der Waals surface area (Å²) in [4.78, 5) is 17.6. The third kappa shape index (κ3) is 2.02. The molecule has 0 aromatic carbocycles. The van der Waals surface area contributed by atoms with Gasteiger partial charge in [0.25, 0.3) is 5.91 Å². The fourth-order valence-corrected chi connectivity index (χ4v) is 3.33. The number of fused-ring (bicyclic) bond motifs is 1. The number of amides is 1. The van der Waals surface area contributed by atoms with E-state index in [4.69, 9.17) is 4.42 Å². The van der Waals surface area contributed by atoms with E-state index in [0.29, 0.717) is 15.4 Å². The highest BCUT2D eigenvalue weighted by Gasteiger charge is 2.19. The molecule has 1 amide bonds. The zero-order valence-electron chi connectivity index (χ0n) is 8.83. The summed E-state index contributed by atoms with van der Waals surface area (Å²) in [6.45, 7) is 0. The number of halogens is 1. The molecule has 6 heteroatoms. The SMILES string of the molecule is O=C(Nc1nc2c(s1)CCC2)c1ccoc1Br. The lowest BCUT2D eigenvalue weighted by Gasteiger charge is -1.99. The number of hydrogen-bond donors (Lipinski definition) is 1. The highest BCUT2D eigenvalue weighted by molar-refractivity contribution is 9.10. The van der Waals surface area contributed by atoms with Crippen molar-refractivity contribution in [2.45, 2.75) is 19.3 Å². The Labute approximate surface area is 110 Å². The molecule has 0 saturated carbocycles. The van der Waals surface area contributed by atoms with Crippen molar-refractivity contribution in [2.75, 3.05) is 5.32 Å². The molecular weight excluding hydrogens is 304 g/mol. The standard InChI is InChI=1S/C11H9BrN2O2S/c12-9-6(4-5-16-9)10(15)14-11-13-7-2-1-3-8(7)17-11/h4-5H,1-3H2,(H,13,14,15). The van der Waals surface area contributed by atoms with Crippen LogP contribution < -0.4 is 5.32 Å². The Balaban J connectivity index is 1.79. The van der Waals surface area contributed by atoms with Crippen LogP contribution in [0, 0.1) is 0 Å². The van der Waals surface area contributed by atoms with E-state index in [2.05, 4.69) is 26.2 Å². The first kappa shape index (κ1) is 11.0. The van der Waals surface area contributed by atoms with Gasteiger partial charge in [-0.2, -0.15) is 0 Å². The summed E-state index contributed by atoms with van der Waals surface area (Å²) in [5.74, 6) is -0.196. The number of rotatable bonds is 2. The van der Waals surface area contributed by atoms with Gasteiger partial charge in [0.1, 0.15) is 0 Å². The third-order valence-corrected chi connectivity index (χ3v) is 4.37. The van der Waals surface area contributed by atoms with Gasteiger partial charge in [0.05, 0.1) is 17.5 Å². The molecule has 17 heavy (non-hydrogen) atoms. The van der Waals surface area contributed by atoms with Crippen LogP contribution >= 0.6 is 27.3 Å². The van der Waals surface area contributed by atoms with E-state index >= 15 is 0 Å². The minimum atomic E-state index is -0.196.